The summed E-state index contributed by atoms with van der Waals surface area (Å²) in [7, 11) is 1.10. The van der Waals surface area contributed by atoms with Gasteiger partial charge in [0, 0.05) is 19.2 Å². The van der Waals surface area contributed by atoms with E-state index in [9.17, 15) is 18.4 Å². The average molecular weight is 370 g/mol. The third-order valence-electron chi connectivity index (χ3n) is 4.16. The number of anilines is 1. The van der Waals surface area contributed by atoms with E-state index < -0.39 is 28.6 Å². The van der Waals surface area contributed by atoms with Gasteiger partial charge in [-0.2, -0.15) is 0 Å². The SMILES string of the molecule is COC(=O)c1cc(F)c(N2CCN(OC(=O)C(C)(C)C)C(C)C2)cc1F. The molecular weight excluding hydrogens is 346 g/mol. The highest BCUT2D eigenvalue weighted by Gasteiger charge is 2.32. The third kappa shape index (κ3) is 4.30. The summed E-state index contributed by atoms with van der Waals surface area (Å²) in [5, 5.41) is 1.56. The zero-order valence-electron chi connectivity index (χ0n) is 15.6. The molecular formula is C18H24F2N2O4. The Bertz CT molecular complexity index is 703. The van der Waals surface area contributed by atoms with Crippen LogP contribution in [0.1, 0.15) is 38.1 Å². The maximum atomic E-state index is 14.4. The fraction of sp³-hybridized carbons (Fsp3) is 0.556. The first-order valence-electron chi connectivity index (χ1n) is 8.36. The summed E-state index contributed by atoms with van der Waals surface area (Å²) in [5.74, 6) is -2.83. The second kappa shape index (κ2) is 7.57. The number of halogens is 2. The lowest BCUT2D eigenvalue weighted by molar-refractivity contribution is -0.211. The summed E-state index contributed by atoms with van der Waals surface area (Å²) in [4.78, 5) is 30.6. The molecule has 1 aromatic rings. The summed E-state index contributed by atoms with van der Waals surface area (Å²) in [6.45, 7) is 8.15. The Morgan fingerprint density at radius 2 is 1.81 bits per heavy atom. The number of piperazine rings is 1. The minimum Gasteiger partial charge on any atom is -0.465 e. The van der Waals surface area contributed by atoms with Crippen LogP contribution in [0, 0.1) is 17.0 Å². The van der Waals surface area contributed by atoms with Crippen LogP contribution in [-0.4, -0.2) is 49.8 Å². The molecule has 0 aliphatic carbocycles. The summed E-state index contributed by atoms with van der Waals surface area (Å²) in [6, 6.07) is 1.62. The van der Waals surface area contributed by atoms with E-state index in [0.717, 1.165) is 19.2 Å². The monoisotopic (exact) mass is 370 g/mol. The topological polar surface area (TPSA) is 59.1 Å². The molecule has 0 N–H and O–H groups in total. The largest absolute Gasteiger partial charge is 0.465 e. The van der Waals surface area contributed by atoms with Crippen molar-refractivity contribution in [1.82, 2.24) is 5.06 Å². The Balaban J connectivity index is 2.13. The van der Waals surface area contributed by atoms with Crippen LogP contribution in [0.2, 0.25) is 0 Å². The van der Waals surface area contributed by atoms with Crippen molar-refractivity contribution >= 4 is 17.6 Å². The Morgan fingerprint density at radius 1 is 1.15 bits per heavy atom. The summed E-state index contributed by atoms with van der Waals surface area (Å²) < 4.78 is 33.0. The molecule has 0 spiro atoms. The molecule has 0 saturated carbocycles. The fourth-order valence-corrected chi connectivity index (χ4v) is 2.58. The number of ether oxygens (including phenoxy) is 1. The number of methoxy groups -OCH3 is 1. The van der Waals surface area contributed by atoms with E-state index in [1.807, 2.05) is 6.92 Å². The lowest BCUT2D eigenvalue weighted by Crippen LogP contribution is -2.53. The van der Waals surface area contributed by atoms with E-state index in [1.54, 1.807) is 30.7 Å². The highest BCUT2D eigenvalue weighted by atomic mass is 19.1. The molecule has 1 unspecified atom stereocenters. The van der Waals surface area contributed by atoms with Crippen LogP contribution >= 0.6 is 0 Å². The van der Waals surface area contributed by atoms with Gasteiger partial charge in [0.1, 0.15) is 11.6 Å². The molecule has 1 heterocycles. The lowest BCUT2D eigenvalue weighted by atomic mass is 9.98. The van der Waals surface area contributed by atoms with Crippen LogP contribution in [0.3, 0.4) is 0 Å². The predicted octanol–water partition coefficient (Wildman–Crippen LogP) is 2.77. The van der Waals surface area contributed by atoms with Crippen molar-refractivity contribution in [2.45, 2.75) is 33.7 Å². The van der Waals surface area contributed by atoms with E-state index in [4.69, 9.17) is 4.84 Å². The molecule has 26 heavy (non-hydrogen) atoms. The van der Waals surface area contributed by atoms with Gasteiger partial charge in [0.25, 0.3) is 0 Å². The normalized spacial score (nSPS) is 18.6. The zero-order chi connectivity index (χ0) is 19.6. The molecule has 2 rings (SSSR count). The maximum absolute atomic E-state index is 14.4. The van der Waals surface area contributed by atoms with E-state index in [-0.39, 0.29) is 17.7 Å². The summed E-state index contributed by atoms with van der Waals surface area (Å²) >= 11 is 0. The summed E-state index contributed by atoms with van der Waals surface area (Å²) in [5.41, 5.74) is -1.01. The number of esters is 1. The number of carbonyl (C=O) groups excluding carboxylic acids is 2. The molecule has 1 fully saturated rings. The number of hydroxylamine groups is 2. The number of hydrogen-bond donors (Lipinski definition) is 0. The molecule has 1 aliphatic heterocycles. The van der Waals surface area contributed by atoms with Crippen LogP contribution < -0.4 is 4.90 Å². The fourth-order valence-electron chi connectivity index (χ4n) is 2.58. The number of hydrogen-bond acceptors (Lipinski definition) is 6. The van der Waals surface area contributed by atoms with Gasteiger partial charge in [0.05, 0.1) is 36.4 Å². The molecule has 0 radical (unpaired) electrons. The minimum atomic E-state index is -0.930. The standard InChI is InChI=1S/C18H24F2N2O4/c1-11-10-21(6-7-22(11)26-17(24)18(2,3)4)15-9-13(19)12(8-14(15)20)16(23)25-5/h8-9,11H,6-7,10H2,1-5H3. The van der Waals surface area contributed by atoms with E-state index >= 15 is 0 Å². The molecule has 1 saturated heterocycles. The quantitative estimate of drug-likeness (QED) is 0.763. The molecule has 6 nitrogen and oxygen atoms in total. The molecule has 1 atom stereocenters. The third-order valence-corrected chi connectivity index (χ3v) is 4.16. The van der Waals surface area contributed by atoms with Crippen LogP contribution in [0.15, 0.2) is 12.1 Å². The molecule has 144 valence electrons. The van der Waals surface area contributed by atoms with Crippen LogP contribution in [-0.2, 0) is 14.4 Å². The van der Waals surface area contributed by atoms with Crippen molar-refractivity contribution in [3.8, 4) is 0 Å². The molecule has 0 aromatic heterocycles. The van der Waals surface area contributed by atoms with Crippen molar-refractivity contribution in [3.63, 3.8) is 0 Å². The van der Waals surface area contributed by atoms with Crippen molar-refractivity contribution in [1.29, 1.82) is 0 Å². The molecule has 1 aromatic carbocycles. The van der Waals surface area contributed by atoms with Gasteiger partial charge in [-0.15, -0.1) is 5.06 Å². The second-order valence-corrected chi connectivity index (χ2v) is 7.34. The van der Waals surface area contributed by atoms with Crippen LogP contribution in [0.4, 0.5) is 14.5 Å². The first kappa shape index (κ1) is 20.1. The van der Waals surface area contributed by atoms with Crippen LogP contribution in [0.25, 0.3) is 0 Å². The van der Waals surface area contributed by atoms with E-state index in [2.05, 4.69) is 4.74 Å². The van der Waals surface area contributed by atoms with Crippen molar-refractivity contribution in [3.05, 3.63) is 29.3 Å². The molecule has 1 aliphatic rings. The van der Waals surface area contributed by atoms with Gasteiger partial charge >= 0.3 is 11.9 Å². The Labute approximate surface area is 151 Å². The average Bonchev–Trinajstić information content (AvgIpc) is 2.56. The first-order chi connectivity index (χ1) is 12.0. The Morgan fingerprint density at radius 3 is 2.35 bits per heavy atom. The van der Waals surface area contributed by atoms with Gasteiger partial charge in [-0.05, 0) is 33.8 Å². The first-order valence-corrected chi connectivity index (χ1v) is 8.36. The van der Waals surface area contributed by atoms with Crippen LogP contribution in [0.5, 0.6) is 0 Å². The highest BCUT2D eigenvalue weighted by Crippen LogP contribution is 2.27. The minimum absolute atomic E-state index is 0.0591. The maximum Gasteiger partial charge on any atom is 0.340 e. The molecule has 0 bridgehead atoms. The number of carbonyl (C=O) groups is 2. The van der Waals surface area contributed by atoms with Crippen molar-refractivity contribution in [2.75, 3.05) is 31.6 Å². The highest BCUT2D eigenvalue weighted by molar-refractivity contribution is 5.90. The Hall–Kier alpha value is -2.22. The van der Waals surface area contributed by atoms with Gasteiger partial charge in [-0.25, -0.2) is 18.4 Å². The molecule has 8 heteroatoms. The Kier molecular flexibility index (Phi) is 5.85. The van der Waals surface area contributed by atoms with E-state index in [0.29, 0.717) is 19.6 Å². The van der Waals surface area contributed by atoms with Gasteiger partial charge in [-0.3, -0.25) is 0 Å². The lowest BCUT2D eigenvalue weighted by Gasteiger charge is -2.40. The van der Waals surface area contributed by atoms with Crippen molar-refractivity contribution < 1.29 is 27.9 Å². The zero-order valence-corrected chi connectivity index (χ0v) is 15.6. The van der Waals surface area contributed by atoms with Gasteiger partial charge in [0.15, 0.2) is 0 Å². The predicted molar refractivity (Wildman–Crippen MR) is 91.6 cm³/mol. The van der Waals surface area contributed by atoms with E-state index in [1.165, 1.54) is 0 Å². The van der Waals surface area contributed by atoms with Gasteiger partial charge < -0.3 is 14.5 Å². The van der Waals surface area contributed by atoms with Gasteiger partial charge in [0.2, 0.25) is 0 Å². The smallest absolute Gasteiger partial charge is 0.340 e. The molecule has 0 amide bonds. The number of nitrogens with zero attached hydrogens (tertiary/aromatic N) is 2. The number of benzene rings is 1. The second-order valence-electron chi connectivity index (χ2n) is 7.34. The summed E-state index contributed by atoms with van der Waals surface area (Å²) in [6.07, 6.45) is 0. The van der Waals surface area contributed by atoms with Gasteiger partial charge in [-0.1, -0.05) is 0 Å². The number of rotatable bonds is 3. The van der Waals surface area contributed by atoms with Crippen molar-refractivity contribution in [2.24, 2.45) is 5.41 Å².